The van der Waals surface area contributed by atoms with Crippen LogP contribution in [0.25, 0.3) is 0 Å². The van der Waals surface area contributed by atoms with Gasteiger partial charge in [-0.25, -0.2) is 21.6 Å². The van der Waals surface area contributed by atoms with Crippen molar-refractivity contribution in [3.63, 3.8) is 0 Å². The molecule has 1 unspecified atom stereocenters. The number of benzene rings is 2. The first-order chi connectivity index (χ1) is 14.5. The van der Waals surface area contributed by atoms with Gasteiger partial charge in [0.1, 0.15) is 0 Å². The topological polar surface area (TPSA) is 131 Å². The molecule has 1 atom stereocenters. The van der Waals surface area contributed by atoms with Crippen LogP contribution >= 0.6 is 0 Å². The smallest absolute Gasteiger partial charge is 0.255 e. The van der Waals surface area contributed by atoms with Gasteiger partial charge in [0.25, 0.3) is 5.91 Å². The van der Waals surface area contributed by atoms with Gasteiger partial charge < -0.3 is 10.1 Å². The normalized spacial score (nSPS) is 16.8. The number of anilines is 2. The van der Waals surface area contributed by atoms with Gasteiger partial charge in [-0.1, -0.05) is 12.1 Å². The largest absolute Gasteiger partial charge is 0.377 e. The van der Waals surface area contributed by atoms with Crippen LogP contribution in [0.15, 0.2) is 47.4 Å². The van der Waals surface area contributed by atoms with E-state index in [4.69, 9.17) is 4.74 Å². The lowest BCUT2D eigenvalue weighted by Gasteiger charge is -2.13. The standard InChI is InChI=1S/C20H25N3O6S2/c1-14-8-9-16(12-19(14)23-30(2,25)26)22-20(24)15-5-3-7-18(11-15)31(27,28)21-13-17-6-4-10-29-17/h3,5,7-9,11-12,17,21,23H,4,6,10,13H2,1-2H3,(H,22,24). The number of carbonyl (C=O) groups is 1. The zero-order valence-electron chi connectivity index (χ0n) is 17.2. The molecule has 31 heavy (non-hydrogen) atoms. The second-order valence-electron chi connectivity index (χ2n) is 7.37. The minimum absolute atomic E-state index is 0.0264. The lowest BCUT2D eigenvalue weighted by Crippen LogP contribution is -2.32. The minimum Gasteiger partial charge on any atom is -0.377 e. The van der Waals surface area contributed by atoms with Gasteiger partial charge in [0, 0.05) is 24.4 Å². The molecule has 2 aromatic rings. The van der Waals surface area contributed by atoms with Crippen LogP contribution in [0, 0.1) is 6.92 Å². The molecule has 0 aliphatic carbocycles. The van der Waals surface area contributed by atoms with E-state index in [-0.39, 0.29) is 23.1 Å². The summed E-state index contributed by atoms with van der Waals surface area (Å²) in [5.41, 5.74) is 1.55. The highest BCUT2D eigenvalue weighted by Crippen LogP contribution is 2.22. The molecule has 1 heterocycles. The van der Waals surface area contributed by atoms with Crippen LogP contribution in [0.3, 0.4) is 0 Å². The number of carbonyl (C=O) groups excluding carboxylic acids is 1. The second-order valence-corrected chi connectivity index (χ2v) is 10.9. The van der Waals surface area contributed by atoms with E-state index in [2.05, 4.69) is 14.8 Å². The summed E-state index contributed by atoms with van der Waals surface area (Å²) < 4.78 is 58.5. The Kier molecular flexibility index (Phi) is 6.99. The highest BCUT2D eigenvalue weighted by atomic mass is 32.2. The molecule has 0 aromatic heterocycles. The maximum atomic E-state index is 12.7. The van der Waals surface area contributed by atoms with Crippen molar-refractivity contribution in [2.45, 2.75) is 30.8 Å². The fourth-order valence-corrected chi connectivity index (χ4v) is 4.84. The van der Waals surface area contributed by atoms with Crippen LogP contribution in [0.4, 0.5) is 11.4 Å². The summed E-state index contributed by atoms with van der Waals surface area (Å²) in [5.74, 6) is -0.523. The first-order valence-corrected chi connectivity index (χ1v) is 13.0. The zero-order valence-corrected chi connectivity index (χ0v) is 18.8. The summed E-state index contributed by atoms with van der Waals surface area (Å²) in [4.78, 5) is 12.6. The first kappa shape index (κ1) is 23.2. The number of rotatable bonds is 8. The van der Waals surface area contributed by atoms with E-state index in [1.807, 2.05) is 0 Å². The predicted octanol–water partition coefficient (Wildman–Crippen LogP) is 2.08. The number of nitrogens with one attached hydrogen (secondary N) is 3. The summed E-state index contributed by atoms with van der Waals surface area (Å²) in [6.07, 6.45) is 2.61. The van der Waals surface area contributed by atoms with E-state index < -0.39 is 26.0 Å². The van der Waals surface area contributed by atoms with E-state index in [9.17, 15) is 21.6 Å². The van der Waals surface area contributed by atoms with Crippen LogP contribution in [0.5, 0.6) is 0 Å². The van der Waals surface area contributed by atoms with Crippen molar-refractivity contribution >= 4 is 37.3 Å². The molecule has 11 heteroatoms. The van der Waals surface area contributed by atoms with E-state index >= 15 is 0 Å². The third-order valence-corrected chi connectivity index (χ3v) is 6.73. The Hall–Kier alpha value is -2.47. The molecule has 0 radical (unpaired) electrons. The molecule has 0 bridgehead atoms. The maximum absolute atomic E-state index is 12.7. The summed E-state index contributed by atoms with van der Waals surface area (Å²) in [7, 11) is -7.27. The van der Waals surface area contributed by atoms with E-state index in [0.717, 1.165) is 19.1 Å². The molecule has 2 aromatic carbocycles. The Labute approximate surface area is 182 Å². The third-order valence-electron chi connectivity index (χ3n) is 4.72. The van der Waals surface area contributed by atoms with Crippen LogP contribution in [0.2, 0.25) is 0 Å². The van der Waals surface area contributed by atoms with Gasteiger partial charge in [-0.2, -0.15) is 0 Å². The van der Waals surface area contributed by atoms with Gasteiger partial charge >= 0.3 is 0 Å². The molecule has 1 fully saturated rings. The number of ether oxygens (including phenoxy) is 1. The van der Waals surface area contributed by atoms with Gasteiger partial charge in [0.15, 0.2) is 0 Å². The summed E-state index contributed by atoms with van der Waals surface area (Å²) in [5, 5.41) is 2.66. The second kappa shape index (κ2) is 9.35. The average molecular weight is 468 g/mol. The maximum Gasteiger partial charge on any atom is 0.255 e. The van der Waals surface area contributed by atoms with Crippen LogP contribution in [0.1, 0.15) is 28.8 Å². The van der Waals surface area contributed by atoms with Gasteiger partial charge in [-0.15, -0.1) is 0 Å². The Morgan fingerprint density at radius 2 is 1.90 bits per heavy atom. The van der Waals surface area contributed by atoms with Crippen LogP contribution in [-0.4, -0.2) is 48.3 Å². The highest BCUT2D eigenvalue weighted by molar-refractivity contribution is 7.92. The molecule has 3 rings (SSSR count). The number of hydrogen-bond acceptors (Lipinski definition) is 6. The van der Waals surface area contributed by atoms with Crippen molar-refractivity contribution < 1.29 is 26.4 Å². The Balaban J connectivity index is 1.73. The number of sulfonamides is 2. The minimum atomic E-state index is -3.80. The van der Waals surface area contributed by atoms with E-state index in [1.165, 1.54) is 30.3 Å². The lowest BCUT2D eigenvalue weighted by atomic mass is 10.1. The Morgan fingerprint density at radius 1 is 1.13 bits per heavy atom. The van der Waals surface area contributed by atoms with Gasteiger partial charge in [-0.3, -0.25) is 9.52 Å². The molecule has 9 nitrogen and oxygen atoms in total. The first-order valence-electron chi connectivity index (χ1n) is 9.65. The number of aryl methyl sites for hydroxylation is 1. The fraction of sp³-hybridized carbons (Fsp3) is 0.350. The number of amides is 1. The SMILES string of the molecule is Cc1ccc(NC(=O)c2cccc(S(=O)(=O)NCC3CCCO3)c2)cc1NS(C)(=O)=O. The summed E-state index contributed by atoms with van der Waals surface area (Å²) in [6, 6.07) is 10.5. The predicted molar refractivity (Wildman–Crippen MR) is 118 cm³/mol. The fourth-order valence-electron chi connectivity index (χ4n) is 3.11. The summed E-state index contributed by atoms with van der Waals surface area (Å²) in [6.45, 7) is 2.54. The third kappa shape index (κ3) is 6.50. The van der Waals surface area contributed by atoms with Crippen LogP contribution in [-0.2, 0) is 24.8 Å². The lowest BCUT2D eigenvalue weighted by molar-refractivity contribution is 0.102. The monoisotopic (exact) mass is 467 g/mol. The van der Waals surface area contributed by atoms with Crippen molar-refractivity contribution in [1.82, 2.24) is 4.72 Å². The average Bonchev–Trinajstić information content (AvgIpc) is 3.22. The molecular weight excluding hydrogens is 442 g/mol. The molecule has 1 aliphatic rings. The molecule has 1 aliphatic heterocycles. The quantitative estimate of drug-likeness (QED) is 0.545. The van der Waals surface area contributed by atoms with Crippen LogP contribution < -0.4 is 14.8 Å². The van der Waals surface area contributed by atoms with Crippen molar-refractivity contribution in [2.75, 3.05) is 29.4 Å². The summed E-state index contributed by atoms with van der Waals surface area (Å²) >= 11 is 0. The highest BCUT2D eigenvalue weighted by Gasteiger charge is 2.21. The van der Waals surface area contributed by atoms with Crippen molar-refractivity contribution in [3.8, 4) is 0 Å². The molecular formula is C20H25N3O6S2. The van der Waals surface area contributed by atoms with Crippen molar-refractivity contribution in [2.24, 2.45) is 0 Å². The molecule has 168 valence electrons. The zero-order chi connectivity index (χ0) is 22.6. The Bertz CT molecular complexity index is 1170. The molecule has 1 amide bonds. The molecule has 0 spiro atoms. The molecule has 1 saturated heterocycles. The molecule has 0 saturated carbocycles. The van der Waals surface area contributed by atoms with E-state index in [0.29, 0.717) is 23.5 Å². The van der Waals surface area contributed by atoms with E-state index in [1.54, 1.807) is 19.1 Å². The van der Waals surface area contributed by atoms with Crippen molar-refractivity contribution in [1.29, 1.82) is 0 Å². The van der Waals surface area contributed by atoms with Gasteiger partial charge in [0.05, 0.1) is 22.9 Å². The number of hydrogen-bond donors (Lipinski definition) is 3. The molecule has 3 N–H and O–H groups in total. The Morgan fingerprint density at radius 3 is 2.58 bits per heavy atom. The van der Waals surface area contributed by atoms with Gasteiger partial charge in [-0.05, 0) is 55.7 Å². The van der Waals surface area contributed by atoms with Gasteiger partial charge in [0.2, 0.25) is 20.0 Å². The van der Waals surface area contributed by atoms with Crippen molar-refractivity contribution in [3.05, 3.63) is 53.6 Å².